The van der Waals surface area contributed by atoms with E-state index in [4.69, 9.17) is 0 Å². The van der Waals surface area contributed by atoms with Crippen LogP contribution < -0.4 is 5.32 Å². The first-order valence-electron chi connectivity index (χ1n) is 7.72. The number of piperidine rings is 1. The van der Waals surface area contributed by atoms with E-state index in [0.717, 1.165) is 12.3 Å². The summed E-state index contributed by atoms with van der Waals surface area (Å²) in [6.07, 6.45) is 3.46. The van der Waals surface area contributed by atoms with E-state index in [1.165, 1.54) is 19.4 Å². The Kier molecular flexibility index (Phi) is 5.82. The van der Waals surface area contributed by atoms with Gasteiger partial charge in [0.1, 0.15) is 5.54 Å². The number of nitriles is 1. The number of likely N-dealkylation sites (tertiary alicyclic amines) is 1. The molecule has 19 heavy (non-hydrogen) atoms. The molecule has 0 aliphatic carbocycles. The van der Waals surface area contributed by atoms with Crippen LogP contribution in [-0.4, -0.2) is 35.1 Å². The number of nitrogens with zero attached hydrogens (tertiary/aromatic N) is 2. The standard InChI is InChI=1S/C16H31N3/c1-12(2)18-16(6,11-17)10-15(5)19-8-7-13(3)9-14(19)4/h12-15,18H,7-10H2,1-6H3. The Bertz CT molecular complexity index is 320. The fourth-order valence-electron chi connectivity index (χ4n) is 3.56. The monoisotopic (exact) mass is 265 g/mol. The zero-order valence-corrected chi connectivity index (χ0v) is 13.5. The molecule has 4 atom stereocenters. The molecule has 1 aliphatic heterocycles. The van der Waals surface area contributed by atoms with Crippen LogP contribution in [0.2, 0.25) is 0 Å². The molecule has 1 heterocycles. The van der Waals surface area contributed by atoms with E-state index in [1.54, 1.807) is 0 Å². The van der Waals surface area contributed by atoms with E-state index in [1.807, 2.05) is 6.92 Å². The highest BCUT2D eigenvalue weighted by Gasteiger charge is 2.32. The van der Waals surface area contributed by atoms with E-state index < -0.39 is 5.54 Å². The average molecular weight is 265 g/mol. The van der Waals surface area contributed by atoms with Crippen LogP contribution in [0, 0.1) is 17.2 Å². The second kappa shape index (κ2) is 6.72. The van der Waals surface area contributed by atoms with E-state index in [2.05, 4.69) is 50.9 Å². The van der Waals surface area contributed by atoms with Crippen LogP contribution in [0.15, 0.2) is 0 Å². The van der Waals surface area contributed by atoms with Gasteiger partial charge in [-0.1, -0.05) is 6.92 Å². The lowest BCUT2D eigenvalue weighted by Gasteiger charge is -2.42. The van der Waals surface area contributed by atoms with Crippen molar-refractivity contribution < 1.29 is 0 Å². The minimum absolute atomic E-state index is 0.343. The second-order valence-corrected chi connectivity index (χ2v) is 7.01. The van der Waals surface area contributed by atoms with Crippen LogP contribution in [0.4, 0.5) is 0 Å². The highest BCUT2D eigenvalue weighted by molar-refractivity contribution is 5.06. The summed E-state index contributed by atoms with van der Waals surface area (Å²) in [5, 5.41) is 12.9. The molecular formula is C16H31N3. The van der Waals surface area contributed by atoms with Crippen LogP contribution in [0.25, 0.3) is 0 Å². The van der Waals surface area contributed by atoms with Crippen LogP contribution in [-0.2, 0) is 0 Å². The molecule has 3 nitrogen and oxygen atoms in total. The summed E-state index contributed by atoms with van der Waals surface area (Å²) >= 11 is 0. The Morgan fingerprint density at radius 2 is 2.00 bits per heavy atom. The average Bonchev–Trinajstić information content (AvgIpc) is 2.27. The number of hydrogen-bond acceptors (Lipinski definition) is 3. The van der Waals surface area contributed by atoms with Crippen molar-refractivity contribution in [2.45, 2.75) is 84.5 Å². The summed E-state index contributed by atoms with van der Waals surface area (Å²) < 4.78 is 0. The quantitative estimate of drug-likeness (QED) is 0.830. The summed E-state index contributed by atoms with van der Waals surface area (Å²) in [5.74, 6) is 0.842. The first-order chi connectivity index (χ1) is 8.77. The zero-order valence-electron chi connectivity index (χ0n) is 13.5. The van der Waals surface area contributed by atoms with Crippen molar-refractivity contribution in [3.05, 3.63) is 0 Å². The third kappa shape index (κ3) is 4.78. The van der Waals surface area contributed by atoms with Crippen molar-refractivity contribution in [3.8, 4) is 6.07 Å². The smallest absolute Gasteiger partial charge is 0.105 e. The maximum atomic E-state index is 9.46. The third-order valence-corrected chi connectivity index (χ3v) is 4.31. The van der Waals surface area contributed by atoms with E-state index in [0.29, 0.717) is 18.1 Å². The van der Waals surface area contributed by atoms with Crippen molar-refractivity contribution in [2.24, 2.45) is 5.92 Å². The van der Waals surface area contributed by atoms with Crippen LogP contribution in [0.1, 0.15) is 60.8 Å². The molecule has 0 bridgehead atoms. The maximum absolute atomic E-state index is 9.46. The molecule has 1 rings (SSSR count). The van der Waals surface area contributed by atoms with Crippen LogP contribution >= 0.6 is 0 Å². The Labute approximate surface area is 119 Å². The Balaban J connectivity index is 2.62. The summed E-state index contributed by atoms with van der Waals surface area (Å²) in [6.45, 7) is 14.3. The summed E-state index contributed by atoms with van der Waals surface area (Å²) in [5.41, 5.74) is -0.420. The molecule has 0 aromatic rings. The van der Waals surface area contributed by atoms with Crippen LogP contribution in [0.5, 0.6) is 0 Å². The molecule has 1 aliphatic rings. The van der Waals surface area contributed by atoms with E-state index >= 15 is 0 Å². The van der Waals surface area contributed by atoms with Gasteiger partial charge in [0, 0.05) is 18.1 Å². The molecule has 0 aromatic carbocycles. The van der Waals surface area contributed by atoms with Gasteiger partial charge in [-0.25, -0.2) is 0 Å². The molecule has 0 spiro atoms. The van der Waals surface area contributed by atoms with Gasteiger partial charge in [-0.2, -0.15) is 5.26 Å². The van der Waals surface area contributed by atoms with Crippen molar-refractivity contribution in [1.29, 1.82) is 5.26 Å². The minimum atomic E-state index is -0.420. The van der Waals surface area contributed by atoms with Gasteiger partial charge < -0.3 is 0 Å². The molecule has 4 unspecified atom stereocenters. The van der Waals surface area contributed by atoms with E-state index in [9.17, 15) is 5.26 Å². The highest BCUT2D eigenvalue weighted by atomic mass is 15.2. The van der Waals surface area contributed by atoms with Gasteiger partial charge in [0.25, 0.3) is 0 Å². The molecule has 3 heteroatoms. The number of hydrogen-bond donors (Lipinski definition) is 1. The predicted molar refractivity (Wildman–Crippen MR) is 80.9 cm³/mol. The largest absolute Gasteiger partial charge is 0.298 e. The topological polar surface area (TPSA) is 39.1 Å². The van der Waals surface area contributed by atoms with Crippen LogP contribution in [0.3, 0.4) is 0 Å². The zero-order chi connectivity index (χ0) is 14.6. The van der Waals surface area contributed by atoms with Gasteiger partial charge in [0.15, 0.2) is 0 Å². The molecule has 0 radical (unpaired) electrons. The maximum Gasteiger partial charge on any atom is 0.105 e. The predicted octanol–water partition coefficient (Wildman–Crippen LogP) is 3.17. The molecule has 1 N–H and O–H groups in total. The van der Waals surface area contributed by atoms with Crippen molar-refractivity contribution in [1.82, 2.24) is 10.2 Å². The van der Waals surface area contributed by atoms with Gasteiger partial charge in [-0.15, -0.1) is 0 Å². The van der Waals surface area contributed by atoms with Crippen molar-refractivity contribution in [2.75, 3.05) is 6.54 Å². The molecule has 1 saturated heterocycles. The lowest BCUT2D eigenvalue weighted by molar-refractivity contribution is 0.0753. The van der Waals surface area contributed by atoms with Gasteiger partial charge in [-0.3, -0.25) is 10.2 Å². The van der Waals surface area contributed by atoms with Crippen molar-refractivity contribution in [3.63, 3.8) is 0 Å². The SMILES string of the molecule is CC1CCN(C(C)CC(C)(C#N)NC(C)C)C(C)C1. The molecule has 1 fully saturated rings. The summed E-state index contributed by atoms with van der Waals surface area (Å²) in [6, 6.07) is 3.91. The molecular weight excluding hydrogens is 234 g/mol. The fourth-order valence-corrected chi connectivity index (χ4v) is 3.56. The third-order valence-electron chi connectivity index (χ3n) is 4.31. The van der Waals surface area contributed by atoms with E-state index in [-0.39, 0.29) is 0 Å². The number of nitrogens with one attached hydrogen (secondary N) is 1. The Morgan fingerprint density at radius 1 is 1.37 bits per heavy atom. The highest BCUT2D eigenvalue weighted by Crippen LogP contribution is 2.27. The second-order valence-electron chi connectivity index (χ2n) is 7.01. The fraction of sp³-hybridized carbons (Fsp3) is 0.938. The van der Waals surface area contributed by atoms with Gasteiger partial charge in [-0.05, 0) is 66.3 Å². The first kappa shape index (κ1) is 16.5. The van der Waals surface area contributed by atoms with Gasteiger partial charge >= 0.3 is 0 Å². The Hall–Kier alpha value is -0.590. The summed E-state index contributed by atoms with van der Waals surface area (Å²) in [7, 11) is 0. The molecule has 110 valence electrons. The Morgan fingerprint density at radius 3 is 2.47 bits per heavy atom. The first-order valence-corrected chi connectivity index (χ1v) is 7.72. The van der Waals surface area contributed by atoms with Gasteiger partial charge in [0.2, 0.25) is 0 Å². The minimum Gasteiger partial charge on any atom is -0.298 e. The van der Waals surface area contributed by atoms with Crippen molar-refractivity contribution >= 4 is 0 Å². The van der Waals surface area contributed by atoms with Gasteiger partial charge in [0.05, 0.1) is 6.07 Å². The number of rotatable bonds is 5. The molecule has 0 aromatic heterocycles. The molecule has 0 amide bonds. The summed E-state index contributed by atoms with van der Waals surface area (Å²) in [4.78, 5) is 2.58. The lowest BCUT2D eigenvalue weighted by atomic mass is 9.88. The lowest BCUT2D eigenvalue weighted by Crippen LogP contribution is -2.52. The molecule has 0 saturated carbocycles. The normalized spacial score (nSPS) is 29.8.